The molecule has 0 saturated carbocycles. The van der Waals surface area contributed by atoms with Crippen LogP contribution in [0.1, 0.15) is 39.5 Å². The van der Waals surface area contributed by atoms with E-state index in [0.717, 1.165) is 39.4 Å². The lowest BCUT2D eigenvalue weighted by atomic mass is 10.3. The lowest BCUT2D eigenvalue weighted by Crippen LogP contribution is -2.23. The molecule has 0 saturated heterocycles. The van der Waals surface area contributed by atoms with Crippen molar-refractivity contribution in [2.45, 2.75) is 39.5 Å². The van der Waals surface area contributed by atoms with Crippen LogP contribution in [0.4, 0.5) is 0 Å². The molecule has 0 fully saturated rings. The van der Waals surface area contributed by atoms with Crippen molar-refractivity contribution in [2.24, 2.45) is 0 Å². The summed E-state index contributed by atoms with van der Waals surface area (Å²) in [6.45, 7) is 11.4. The fourth-order valence-electron chi connectivity index (χ4n) is 1.46. The van der Waals surface area contributed by atoms with Gasteiger partial charge in [0.1, 0.15) is 0 Å². The van der Waals surface area contributed by atoms with Crippen LogP contribution in [0.25, 0.3) is 0 Å². The summed E-state index contributed by atoms with van der Waals surface area (Å²) in [5.41, 5.74) is 0. The lowest BCUT2D eigenvalue weighted by molar-refractivity contribution is 0.0500. The van der Waals surface area contributed by atoms with E-state index < -0.39 is 0 Å². The normalized spacial score (nSPS) is 11.0. The number of hydrogen-bond acceptors (Lipinski definition) is 4. The molecule has 0 aliphatic carbocycles. The Morgan fingerprint density at radius 1 is 0.611 bits per heavy atom. The summed E-state index contributed by atoms with van der Waals surface area (Å²) < 4.78 is 10.9. The molecule has 0 spiro atoms. The van der Waals surface area contributed by atoms with Gasteiger partial charge in [-0.2, -0.15) is 0 Å². The van der Waals surface area contributed by atoms with Gasteiger partial charge >= 0.3 is 0 Å². The quantitative estimate of drug-likeness (QED) is 0.441. The minimum absolute atomic E-state index is 0.699. The maximum Gasteiger partial charge on any atom is 0.0701 e. The molecule has 4 heteroatoms. The average Bonchev–Trinajstić information content (AvgIpc) is 2.39. The molecule has 0 aromatic carbocycles. The van der Waals surface area contributed by atoms with Crippen molar-refractivity contribution in [3.63, 3.8) is 0 Å². The van der Waals surface area contributed by atoms with E-state index in [9.17, 15) is 0 Å². The van der Waals surface area contributed by atoms with Gasteiger partial charge in [-0.3, -0.25) is 0 Å². The maximum absolute atomic E-state index is 5.45. The second-order valence-electron chi connectivity index (χ2n) is 4.43. The Labute approximate surface area is 113 Å². The molecule has 0 radical (unpaired) electrons. The third-order valence-electron chi connectivity index (χ3n) is 2.63. The zero-order valence-corrected chi connectivity index (χ0v) is 12.3. The van der Waals surface area contributed by atoms with Gasteiger partial charge < -0.3 is 20.1 Å². The minimum atomic E-state index is 0.699. The summed E-state index contributed by atoms with van der Waals surface area (Å²) >= 11 is 0. The average molecular weight is 260 g/mol. The van der Waals surface area contributed by atoms with E-state index in [-0.39, 0.29) is 0 Å². The Kier molecular flexibility index (Phi) is 16.7. The Morgan fingerprint density at radius 2 is 1.06 bits per heavy atom. The Balaban J connectivity index is 2.86. The van der Waals surface area contributed by atoms with Crippen molar-refractivity contribution in [3.8, 4) is 0 Å². The van der Waals surface area contributed by atoms with Gasteiger partial charge in [0, 0.05) is 13.1 Å². The first-order chi connectivity index (χ1) is 8.91. The molecule has 4 nitrogen and oxygen atoms in total. The Morgan fingerprint density at radius 3 is 1.44 bits per heavy atom. The van der Waals surface area contributed by atoms with Crippen LogP contribution in [-0.2, 0) is 9.47 Å². The molecule has 0 aromatic heterocycles. The molecule has 0 aromatic rings. The van der Waals surface area contributed by atoms with E-state index in [1.807, 2.05) is 0 Å². The van der Waals surface area contributed by atoms with Crippen LogP contribution < -0.4 is 10.6 Å². The van der Waals surface area contributed by atoms with Crippen LogP contribution in [-0.4, -0.2) is 52.6 Å². The third-order valence-corrected chi connectivity index (χ3v) is 2.63. The van der Waals surface area contributed by atoms with Gasteiger partial charge in [0.2, 0.25) is 0 Å². The van der Waals surface area contributed by atoms with Crippen LogP contribution in [0, 0.1) is 0 Å². The highest BCUT2D eigenvalue weighted by Crippen LogP contribution is 1.83. The molecular weight excluding hydrogens is 228 g/mol. The zero-order chi connectivity index (χ0) is 13.3. The van der Waals surface area contributed by atoms with Gasteiger partial charge in [-0.05, 0) is 25.9 Å². The maximum atomic E-state index is 5.45. The van der Waals surface area contributed by atoms with Gasteiger partial charge in [-0.1, -0.05) is 26.7 Å². The van der Waals surface area contributed by atoms with Gasteiger partial charge in [0.05, 0.1) is 26.4 Å². The van der Waals surface area contributed by atoms with Crippen molar-refractivity contribution >= 4 is 0 Å². The van der Waals surface area contributed by atoms with E-state index in [4.69, 9.17) is 9.47 Å². The second-order valence-corrected chi connectivity index (χ2v) is 4.43. The van der Waals surface area contributed by atoms with Crippen LogP contribution in [0.2, 0.25) is 0 Å². The third kappa shape index (κ3) is 15.8. The largest absolute Gasteiger partial charge is 0.378 e. The van der Waals surface area contributed by atoms with Crippen molar-refractivity contribution in [1.29, 1.82) is 0 Å². The minimum Gasteiger partial charge on any atom is -0.378 e. The van der Waals surface area contributed by atoms with Gasteiger partial charge in [0.25, 0.3) is 0 Å². The summed E-state index contributed by atoms with van der Waals surface area (Å²) in [5, 5.41) is 6.68. The highest BCUT2D eigenvalue weighted by Gasteiger charge is 1.91. The van der Waals surface area contributed by atoms with E-state index in [2.05, 4.69) is 24.5 Å². The number of unbranched alkanes of at least 4 members (excludes halogenated alkanes) is 2. The molecule has 0 aliphatic rings. The highest BCUT2D eigenvalue weighted by atomic mass is 16.5. The van der Waals surface area contributed by atoms with Gasteiger partial charge in [-0.25, -0.2) is 0 Å². The highest BCUT2D eigenvalue weighted by molar-refractivity contribution is 4.47. The van der Waals surface area contributed by atoms with Gasteiger partial charge in [-0.15, -0.1) is 0 Å². The Bertz CT molecular complexity index is 130. The van der Waals surface area contributed by atoms with Crippen molar-refractivity contribution in [1.82, 2.24) is 10.6 Å². The summed E-state index contributed by atoms with van der Waals surface area (Å²) in [4.78, 5) is 0. The van der Waals surface area contributed by atoms with E-state index in [0.29, 0.717) is 13.2 Å². The molecule has 18 heavy (non-hydrogen) atoms. The molecule has 110 valence electrons. The predicted octanol–water partition coefficient (Wildman–Crippen LogP) is 1.80. The molecule has 0 amide bonds. The SMILES string of the molecule is CCCCNCCOCCOCCNCCCC. The molecule has 0 bridgehead atoms. The number of hydrogen-bond donors (Lipinski definition) is 2. The topological polar surface area (TPSA) is 42.5 Å². The molecular formula is C14H32N2O2. The number of nitrogens with one attached hydrogen (secondary N) is 2. The van der Waals surface area contributed by atoms with Crippen LogP contribution in [0.3, 0.4) is 0 Å². The van der Waals surface area contributed by atoms with Crippen LogP contribution in [0.15, 0.2) is 0 Å². The predicted molar refractivity (Wildman–Crippen MR) is 77.2 cm³/mol. The molecule has 0 heterocycles. The van der Waals surface area contributed by atoms with E-state index in [1.54, 1.807) is 0 Å². The molecule has 2 N–H and O–H groups in total. The van der Waals surface area contributed by atoms with Crippen molar-refractivity contribution < 1.29 is 9.47 Å². The number of rotatable bonds is 15. The smallest absolute Gasteiger partial charge is 0.0701 e. The first-order valence-electron chi connectivity index (χ1n) is 7.48. The van der Waals surface area contributed by atoms with Crippen LogP contribution >= 0.6 is 0 Å². The Hall–Kier alpha value is -0.160. The first kappa shape index (κ1) is 17.8. The summed E-state index contributed by atoms with van der Waals surface area (Å²) in [7, 11) is 0. The van der Waals surface area contributed by atoms with Gasteiger partial charge in [0.15, 0.2) is 0 Å². The fraction of sp³-hybridized carbons (Fsp3) is 1.00. The van der Waals surface area contributed by atoms with Crippen LogP contribution in [0.5, 0.6) is 0 Å². The fourth-order valence-corrected chi connectivity index (χ4v) is 1.46. The summed E-state index contributed by atoms with van der Waals surface area (Å²) in [6.07, 6.45) is 4.98. The lowest BCUT2D eigenvalue weighted by Gasteiger charge is -2.07. The summed E-state index contributed by atoms with van der Waals surface area (Å²) in [6, 6.07) is 0. The van der Waals surface area contributed by atoms with E-state index >= 15 is 0 Å². The molecule has 0 atom stereocenters. The standard InChI is InChI=1S/C14H32N2O2/c1-3-5-7-15-9-11-17-13-14-18-12-10-16-8-6-4-2/h15-16H,3-14H2,1-2H3. The molecule has 0 unspecified atom stereocenters. The summed E-state index contributed by atoms with van der Waals surface area (Å²) in [5.74, 6) is 0. The van der Waals surface area contributed by atoms with Crippen molar-refractivity contribution in [2.75, 3.05) is 52.6 Å². The first-order valence-corrected chi connectivity index (χ1v) is 7.48. The second kappa shape index (κ2) is 16.8. The monoisotopic (exact) mass is 260 g/mol. The van der Waals surface area contributed by atoms with Crippen molar-refractivity contribution in [3.05, 3.63) is 0 Å². The molecule has 0 rings (SSSR count). The number of ether oxygens (including phenoxy) is 2. The zero-order valence-electron chi connectivity index (χ0n) is 12.3. The van der Waals surface area contributed by atoms with E-state index in [1.165, 1.54) is 25.7 Å². The molecule has 0 aliphatic heterocycles.